The highest BCUT2D eigenvalue weighted by atomic mass is 32.1. The number of anilines is 2. The summed E-state index contributed by atoms with van der Waals surface area (Å²) in [6.07, 6.45) is -0.987. The van der Waals surface area contributed by atoms with Crippen LogP contribution in [-0.2, 0) is 40.6 Å². The Morgan fingerprint density at radius 1 is 0.829 bits per heavy atom. The average molecular weight is 1040 g/mol. The predicted octanol–water partition coefficient (Wildman–Crippen LogP) is 7.68. The summed E-state index contributed by atoms with van der Waals surface area (Å²) in [6, 6.07) is 39.6. The maximum atomic E-state index is 16.9. The molecule has 0 aliphatic carbocycles. The van der Waals surface area contributed by atoms with Gasteiger partial charge in [-0.1, -0.05) is 139 Å². The van der Waals surface area contributed by atoms with Gasteiger partial charge in [-0.25, -0.2) is 24.2 Å². The van der Waals surface area contributed by atoms with Gasteiger partial charge in [0.05, 0.1) is 53.1 Å². The van der Waals surface area contributed by atoms with Gasteiger partial charge in [-0.3, -0.25) is 19.3 Å². The van der Waals surface area contributed by atoms with Crippen LogP contribution in [0, 0.1) is 23.7 Å². The van der Waals surface area contributed by atoms with Crippen LogP contribution in [-0.4, -0.2) is 92.2 Å². The van der Waals surface area contributed by atoms with Gasteiger partial charge in [0, 0.05) is 5.56 Å². The molecule has 3 aliphatic heterocycles. The summed E-state index contributed by atoms with van der Waals surface area (Å²) < 4.78 is 20.2. The maximum absolute atomic E-state index is 16.9. The van der Waals surface area contributed by atoms with Crippen molar-refractivity contribution >= 4 is 73.2 Å². The molecule has 0 radical (unpaired) electrons. The third-order valence-electron chi connectivity index (χ3n) is 14.3. The van der Waals surface area contributed by atoms with E-state index in [0.29, 0.717) is 39.0 Å². The first-order chi connectivity index (χ1) is 37.0. The molecule has 2 fully saturated rings. The number of hydrogen-bond acceptors (Lipinski definition) is 14. The first-order valence-electron chi connectivity index (χ1n) is 24.7. The Hall–Kier alpha value is -8.76. The zero-order chi connectivity index (χ0) is 52.7. The minimum Gasteiger partial charge on any atom is -0.491 e. The van der Waals surface area contributed by atoms with E-state index in [0.717, 1.165) is 15.1 Å². The number of imide groups is 1. The second-order valence-electron chi connectivity index (χ2n) is 19.0. The van der Waals surface area contributed by atoms with Crippen molar-refractivity contribution in [1.29, 1.82) is 0 Å². The molecule has 4 amide bonds. The number of aliphatic hydroxyl groups is 1. The minimum atomic E-state index is -2.19. The van der Waals surface area contributed by atoms with Gasteiger partial charge in [-0.2, -0.15) is 0 Å². The second kappa shape index (κ2) is 20.5. The number of hydrogen-bond donors (Lipinski definition) is 3. The number of aromatic nitrogens is 4. The molecule has 6 aromatic carbocycles. The van der Waals surface area contributed by atoms with E-state index in [-0.39, 0.29) is 36.1 Å². The van der Waals surface area contributed by atoms with Crippen LogP contribution in [0.15, 0.2) is 152 Å². The van der Waals surface area contributed by atoms with Crippen LogP contribution in [0.25, 0.3) is 21.3 Å². The number of cyclic esters (lactones) is 1. The molecule has 382 valence electrons. The van der Waals surface area contributed by atoms with Crippen molar-refractivity contribution in [2.24, 2.45) is 11.8 Å². The Bertz CT molecular complexity index is 3580. The summed E-state index contributed by atoms with van der Waals surface area (Å²) in [6.45, 7) is 3.24. The fourth-order valence-corrected chi connectivity index (χ4v) is 12.0. The zero-order valence-corrected chi connectivity index (χ0v) is 42.2. The van der Waals surface area contributed by atoms with Gasteiger partial charge in [0.1, 0.15) is 48.0 Å². The molecule has 2 aromatic heterocycles. The Labute approximate surface area is 440 Å². The number of nitrogens with zero attached hydrogens (tertiary/aromatic N) is 6. The number of aliphatic hydroxyl groups excluding tert-OH is 1. The number of rotatable bonds is 12. The molecular weight excluding hydrogens is 985 g/mol. The molecule has 0 bridgehead atoms. The highest BCUT2D eigenvalue weighted by Gasteiger charge is 2.76. The van der Waals surface area contributed by atoms with Gasteiger partial charge < -0.3 is 30.0 Å². The van der Waals surface area contributed by atoms with Crippen LogP contribution in [0.1, 0.15) is 59.9 Å². The number of benzene rings is 6. The van der Waals surface area contributed by atoms with E-state index in [1.165, 1.54) is 18.4 Å². The van der Waals surface area contributed by atoms with Crippen molar-refractivity contribution in [2.45, 2.75) is 56.1 Å². The third kappa shape index (κ3) is 8.57. The topological polar surface area (TPSA) is 207 Å². The molecule has 3 aliphatic rings. The van der Waals surface area contributed by atoms with Crippen LogP contribution in [0.4, 0.5) is 15.6 Å². The lowest BCUT2D eigenvalue weighted by Gasteiger charge is -2.46. The number of morpholine rings is 1. The van der Waals surface area contributed by atoms with E-state index in [1.807, 2.05) is 114 Å². The van der Waals surface area contributed by atoms with Crippen molar-refractivity contribution in [2.75, 3.05) is 30.5 Å². The van der Waals surface area contributed by atoms with Gasteiger partial charge in [-0.05, 0) is 82.8 Å². The molecule has 76 heavy (non-hydrogen) atoms. The van der Waals surface area contributed by atoms with E-state index in [9.17, 15) is 9.90 Å². The second-order valence-corrected chi connectivity index (χ2v) is 20.0. The van der Waals surface area contributed by atoms with Crippen LogP contribution in [0.5, 0.6) is 5.75 Å². The number of urea groups is 1. The summed E-state index contributed by atoms with van der Waals surface area (Å²) in [7, 11) is 1.21. The number of ether oxygens (including phenoxy) is 3. The normalized spacial score (nSPS) is 21.2. The van der Waals surface area contributed by atoms with Gasteiger partial charge >= 0.3 is 18.0 Å². The highest BCUT2D eigenvalue weighted by Crippen LogP contribution is 2.66. The monoisotopic (exact) mass is 1030 g/mol. The van der Waals surface area contributed by atoms with Crippen molar-refractivity contribution in [3.8, 4) is 17.6 Å². The average Bonchev–Trinajstić information content (AvgIpc) is 4.29. The number of amides is 4. The minimum absolute atomic E-state index is 0.0623. The highest BCUT2D eigenvalue weighted by molar-refractivity contribution is 7.22. The molecule has 5 heterocycles. The van der Waals surface area contributed by atoms with Gasteiger partial charge in [0.2, 0.25) is 11.8 Å². The van der Waals surface area contributed by atoms with E-state index >= 15 is 19.2 Å². The maximum Gasteiger partial charge on any atom is 0.329 e. The van der Waals surface area contributed by atoms with Gasteiger partial charge in [0.25, 0.3) is 0 Å². The molecule has 7 atom stereocenters. The molecule has 17 nitrogen and oxygen atoms in total. The number of thiazole rings is 1. The summed E-state index contributed by atoms with van der Waals surface area (Å²) in [4.78, 5) is 84.9. The van der Waals surface area contributed by atoms with E-state index in [1.54, 1.807) is 61.0 Å². The number of carbonyl (C=O) groups excluding carboxylic acids is 5. The fourth-order valence-electron chi connectivity index (χ4n) is 11.1. The van der Waals surface area contributed by atoms with Gasteiger partial charge in [0.15, 0.2) is 5.13 Å². The molecule has 1 spiro atoms. The lowest BCUT2D eigenvalue weighted by molar-refractivity contribution is -0.177. The summed E-state index contributed by atoms with van der Waals surface area (Å²) in [5.41, 5.74) is 2.37. The van der Waals surface area contributed by atoms with E-state index in [4.69, 9.17) is 19.2 Å². The Balaban J connectivity index is 1.19. The molecule has 3 N–H and O–H groups in total. The first-order valence-corrected chi connectivity index (χ1v) is 25.6. The quantitative estimate of drug-likeness (QED) is 0.0794. The molecule has 0 unspecified atom stereocenters. The van der Waals surface area contributed by atoms with Crippen molar-refractivity contribution in [1.82, 2.24) is 30.2 Å². The standard InChI is InChI=1S/C58H50N8O9S/c1-34(2)47(53(69)73-3)60-57(72)65-43-28-27-35(16-15-29-64-44-25-12-10-23-41(44)62-63-64)32-40(43)58(55(65)71)46(52(68)61-56-59-42-24-11-13-26-45(42)76-56)49-54(70)75-50(37-19-8-5-9-20-37)48(36-17-6-4-7-18-36)66(49)51(58)38-21-14-22-39(33-38)74-31-30-67/h4-14,17-28,32-34,46-51,67H,29-31H2,1-3H3,(H,60,72)(H,59,61,68)/t46-,47+,48-,49-,50+,51+,58-/m1/s1. The summed E-state index contributed by atoms with van der Waals surface area (Å²) in [5.74, 6) is 1.47. The van der Waals surface area contributed by atoms with Crippen LogP contribution in [0.2, 0.25) is 0 Å². The lowest BCUT2D eigenvalue weighted by Crippen LogP contribution is -2.57. The van der Waals surface area contributed by atoms with Crippen molar-refractivity contribution in [3.05, 3.63) is 179 Å². The number of fused-ring (bicyclic) bond motifs is 5. The molecule has 8 aromatic rings. The Morgan fingerprint density at radius 2 is 1.54 bits per heavy atom. The van der Waals surface area contributed by atoms with Crippen molar-refractivity contribution in [3.63, 3.8) is 0 Å². The number of para-hydroxylation sites is 2. The zero-order valence-electron chi connectivity index (χ0n) is 41.4. The molecular formula is C58H50N8O9S. The Kier molecular flexibility index (Phi) is 13.3. The smallest absolute Gasteiger partial charge is 0.329 e. The lowest BCUT2D eigenvalue weighted by atomic mass is 9.65. The van der Waals surface area contributed by atoms with Crippen LogP contribution in [0.3, 0.4) is 0 Å². The number of carbonyl (C=O) groups is 5. The first kappa shape index (κ1) is 49.5. The summed E-state index contributed by atoms with van der Waals surface area (Å²) in [5, 5.41) is 24.5. The SMILES string of the molecule is COC(=O)[C@@H](NC(=O)N1C(=O)[C@@]2(c3cc(C#CCn4nnc5ccccc54)ccc31)[C@H](c1cccc(OCCO)c1)N1[C@H](c3ccccc3)[C@H](c3ccccc3)OC(=O)[C@H]1[C@@H]2C(=O)Nc1nc2ccccc2s1)C(C)C. The molecule has 0 saturated carbocycles. The number of nitrogens with one attached hydrogen (secondary N) is 2. The van der Waals surface area contributed by atoms with E-state index in [2.05, 4.69) is 32.8 Å². The predicted molar refractivity (Wildman–Crippen MR) is 283 cm³/mol. The van der Waals surface area contributed by atoms with Crippen molar-refractivity contribution < 1.29 is 43.3 Å². The van der Waals surface area contributed by atoms with E-state index < -0.39 is 77.3 Å². The van der Waals surface area contributed by atoms with Crippen LogP contribution >= 0.6 is 11.3 Å². The molecule has 18 heteroatoms. The Morgan fingerprint density at radius 3 is 2.28 bits per heavy atom. The van der Waals surface area contributed by atoms with Gasteiger partial charge in [-0.15, -0.1) is 5.10 Å². The number of methoxy groups -OCH3 is 1. The third-order valence-corrected chi connectivity index (χ3v) is 15.2. The largest absolute Gasteiger partial charge is 0.491 e. The number of esters is 2. The fraction of sp³-hybridized carbons (Fsp3) is 0.241. The molecule has 11 rings (SSSR count). The molecule has 2 saturated heterocycles. The van der Waals surface area contributed by atoms with Crippen LogP contribution < -0.4 is 20.3 Å². The summed E-state index contributed by atoms with van der Waals surface area (Å²) >= 11 is 1.22.